The van der Waals surface area contributed by atoms with Crippen LogP contribution in [-0.2, 0) is 6.18 Å². The molecule has 1 aromatic carbocycles. The van der Waals surface area contributed by atoms with E-state index in [1.807, 2.05) is 0 Å². The number of aromatic nitrogens is 5. The number of nitrogens with one attached hydrogen (secondary N) is 1. The lowest BCUT2D eigenvalue weighted by atomic mass is 10.1. The molecule has 1 amide bonds. The molecule has 2 aromatic heterocycles. The zero-order valence-corrected chi connectivity index (χ0v) is 16.9. The first-order valence-electron chi connectivity index (χ1n) is 9.65. The molecule has 3 aromatic rings. The van der Waals surface area contributed by atoms with Gasteiger partial charge in [-0.15, -0.1) is 4.80 Å². The predicted octanol–water partition coefficient (Wildman–Crippen LogP) is 3.32. The Morgan fingerprint density at radius 1 is 1.12 bits per heavy atom. The molecule has 1 atom stereocenters. The van der Waals surface area contributed by atoms with Crippen LogP contribution in [0.3, 0.4) is 0 Å². The predicted molar refractivity (Wildman–Crippen MR) is 101 cm³/mol. The first-order chi connectivity index (χ1) is 16.0. The van der Waals surface area contributed by atoms with E-state index in [1.165, 1.54) is 12.4 Å². The minimum Gasteiger partial charge on any atom is -0.352 e. The largest absolute Gasteiger partial charge is 0.419 e. The monoisotopic (exact) mass is 489 g/mol. The molecule has 15 heteroatoms. The molecule has 0 unspecified atom stereocenters. The summed E-state index contributed by atoms with van der Waals surface area (Å²) in [6.07, 6.45) is -2.11. The summed E-state index contributed by atoms with van der Waals surface area (Å²) in [5, 5.41) is 9.80. The van der Waals surface area contributed by atoms with Gasteiger partial charge in [-0.3, -0.25) is 4.79 Å². The molecule has 180 valence electrons. The number of hydrogen-bond acceptors (Lipinski definition) is 6. The summed E-state index contributed by atoms with van der Waals surface area (Å²) in [5.74, 6) is -7.19. The quantitative estimate of drug-likeness (QED) is 0.554. The summed E-state index contributed by atoms with van der Waals surface area (Å²) in [6, 6.07) is -0.630. The Labute approximate surface area is 186 Å². The standard InChI is InChI=1S/C19H14F7N7O/c20-11-5-12(15(13(21)6-11)33-30-2-3-31-33)16(34)32-4-1-18(22,23)14(32)9-29-17-27-7-10(8-28-17)19(24,25)26/h2-3,5-8,14H,1,4,9H2,(H,27,28,29)/t14-/m1/s1. The third kappa shape index (κ3) is 4.49. The van der Waals surface area contributed by atoms with Gasteiger partial charge in [0, 0.05) is 38.0 Å². The lowest BCUT2D eigenvalue weighted by molar-refractivity contribution is -0.138. The number of halogens is 7. The third-order valence-corrected chi connectivity index (χ3v) is 5.12. The fraction of sp³-hybridized carbons (Fsp3) is 0.316. The van der Waals surface area contributed by atoms with Crippen molar-refractivity contribution in [3.63, 3.8) is 0 Å². The van der Waals surface area contributed by atoms with Gasteiger partial charge < -0.3 is 10.2 Å². The molecule has 0 saturated carbocycles. The van der Waals surface area contributed by atoms with E-state index in [0.717, 1.165) is 9.70 Å². The van der Waals surface area contributed by atoms with Crippen molar-refractivity contribution in [2.45, 2.75) is 24.6 Å². The van der Waals surface area contributed by atoms with Crippen LogP contribution in [0.1, 0.15) is 22.3 Å². The summed E-state index contributed by atoms with van der Waals surface area (Å²) >= 11 is 0. The highest BCUT2D eigenvalue weighted by molar-refractivity contribution is 5.98. The van der Waals surface area contributed by atoms with E-state index < -0.39 is 72.0 Å². The number of rotatable bonds is 5. The van der Waals surface area contributed by atoms with Crippen LogP contribution >= 0.6 is 0 Å². The number of amides is 1. The highest BCUT2D eigenvalue weighted by Crippen LogP contribution is 2.36. The van der Waals surface area contributed by atoms with E-state index in [9.17, 15) is 35.5 Å². The van der Waals surface area contributed by atoms with Crippen LogP contribution in [0, 0.1) is 11.6 Å². The highest BCUT2D eigenvalue weighted by Gasteiger charge is 2.51. The molecule has 8 nitrogen and oxygen atoms in total. The lowest BCUT2D eigenvalue weighted by Gasteiger charge is -2.28. The van der Waals surface area contributed by atoms with Gasteiger partial charge in [0.2, 0.25) is 5.95 Å². The Morgan fingerprint density at radius 2 is 1.76 bits per heavy atom. The van der Waals surface area contributed by atoms with Crippen LogP contribution in [-0.4, -0.2) is 60.8 Å². The Morgan fingerprint density at radius 3 is 2.38 bits per heavy atom. The molecular formula is C19H14F7N7O. The van der Waals surface area contributed by atoms with Crippen molar-refractivity contribution in [1.29, 1.82) is 0 Å². The van der Waals surface area contributed by atoms with Gasteiger partial charge in [0.05, 0.1) is 23.5 Å². The highest BCUT2D eigenvalue weighted by atomic mass is 19.4. The maximum absolute atomic E-state index is 14.6. The normalized spacial score (nSPS) is 17.7. The number of alkyl halides is 5. The molecule has 0 radical (unpaired) electrons. The maximum atomic E-state index is 14.6. The number of carbonyl (C=O) groups is 1. The topological polar surface area (TPSA) is 88.8 Å². The molecule has 4 rings (SSSR count). The molecule has 1 N–H and O–H groups in total. The summed E-state index contributed by atoms with van der Waals surface area (Å²) in [6.45, 7) is -1.09. The molecule has 1 aliphatic rings. The van der Waals surface area contributed by atoms with Gasteiger partial charge in [0.1, 0.15) is 17.5 Å². The van der Waals surface area contributed by atoms with Crippen LogP contribution in [0.4, 0.5) is 36.7 Å². The zero-order valence-electron chi connectivity index (χ0n) is 16.9. The first kappa shape index (κ1) is 23.4. The number of benzene rings is 1. The number of anilines is 1. The van der Waals surface area contributed by atoms with Crippen molar-refractivity contribution in [3.05, 3.63) is 59.7 Å². The minimum absolute atomic E-state index is 0.374. The average Bonchev–Trinajstić information content (AvgIpc) is 3.38. The van der Waals surface area contributed by atoms with Crippen molar-refractivity contribution < 1.29 is 35.5 Å². The van der Waals surface area contributed by atoms with E-state index in [-0.39, 0.29) is 5.95 Å². The van der Waals surface area contributed by atoms with E-state index in [1.54, 1.807) is 0 Å². The number of likely N-dealkylation sites (tertiary alicyclic amines) is 1. The van der Waals surface area contributed by atoms with Crippen molar-refractivity contribution in [2.24, 2.45) is 0 Å². The lowest BCUT2D eigenvalue weighted by Crippen LogP contribution is -2.47. The fourth-order valence-corrected chi connectivity index (χ4v) is 3.49. The van der Waals surface area contributed by atoms with E-state index in [2.05, 4.69) is 25.5 Å². The smallest absolute Gasteiger partial charge is 0.352 e. The van der Waals surface area contributed by atoms with Gasteiger partial charge in [-0.05, 0) is 6.07 Å². The second kappa shape index (κ2) is 8.53. The molecule has 0 spiro atoms. The summed E-state index contributed by atoms with van der Waals surface area (Å²) in [5.41, 5.74) is -2.24. The van der Waals surface area contributed by atoms with Gasteiger partial charge in [-0.2, -0.15) is 23.4 Å². The van der Waals surface area contributed by atoms with Gasteiger partial charge in [0.15, 0.2) is 5.82 Å². The molecule has 34 heavy (non-hydrogen) atoms. The van der Waals surface area contributed by atoms with Crippen LogP contribution in [0.25, 0.3) is 5.69 Å². The third-order valence-electron chi connectivity index (χ3n) is 5.12. The number of hydrogen-bond donors (Lipinski definition) is 1. The Kier molecular flexibility index (Phi) is 5.87. The summed E-state index contributed by atoms with van der Waals surface area (Å²) in [4.78, 5) is 21.5. The molecular weight excluding hydrogens is 475 g/mol. The van der Waals surface area contributed by atoms with Crippen molar-refractivity contribution in [1.82, 2.24) is 29.9 Å². The van der Waals surface area contributed by atoms with Crippen LogP contribution in [0.15, 0.2) is 36.9 Å². The van der Waals surface area contributed by atoms with Gasteiger partial charge in [-0.1, -0.05) is 0 Å². The van der Waals surface area contributed by atoms with Crippen molar-refractivity contribution in [3.8, 4) is 5.69 Å². The van der Waals surface area contributed by atoms with E-state index in [4.69, 9.17) is 0 Å². The Balaban J connectivity index is 1.60. The first-order valence-corrected chi connectivity index (χ1v) is 9.65. The molecule has 1 aliphatic heterocycles. The minimum atomic E-state index is -4.68. The fourth-order valence-electron chi connectivity index (χ4n) is 3.49. The summed E-state index contributed by atoms with van der Waals surface area (Å²) < 4.78 is 95.5. The van der Waals surface area contributed by atoms with Crippen molar-refractivity contribution in [2.75, 3.05) is 18.4 Å². The molecule has 3 heterocycles. The van der Waals surface area contributed by atoms with E-state index in [0.29, 0.717) is 24.5 Å². The molecule has 1 fully saturated rings. The molecule has 1 saturated heterocycles. The molecule has 0 bridgehead atoms. The van der Waals surface area contributed by atoms with Crippen LogP contribution in [0.2, 0.25) is 0 Å². The number of carbonyl (C=O) groups excluding carboxylic acids is 1. The van der Waals surface area contributed by atoms with Crippen molar-refractivity contribution >= 4 is 11.9 Å². The Bertz CT molecular complexity index is 1180. The second-order valence-electron chi connectivity index (χ2n) is 7.30. The maximum Gasteiger partial charge on any atom is 0.419 e. The Hall–Kier alpha value is -3.78. The second-order valence-corrected chi connectivity index (χ2v) is 7.30. The van der Waals surface area contributed by atoms with Gasteiger partial charge in [-0.25, -0.2) is 27.5 Å². The average molecular weight is 489 g/mol. The van der Waals surface area contributed by atoms with E-state index >= 15 is 0 Å². The zero-order chi connectivity index (χ0) is 24.7. The summed E-state index contributed by atoms with van der Waals surface area (Å²) in [7, 11) is 0. The van der Waals surface area contributed by atoms with Gasteiger partial charge >= 0.3 is 6.18 Å². The van der Waals surface area contributed by atoms with Crippen LogP contribution in [0.5, 0.6) is 0 Å². The van der Waals surface area contributed by atoms with Gasteiger partial charge in [0.25, 0.3) is 11.8 Å². The number of nitrogens with zero attached hydrogens (tertiary/aromatic N) is 6. The molecule has 0 aliphatic carbocycles. The van der Waals surface area contributed by atoms with Crippen LogP contribution < -0.4 is 5.32 Å². The SMILES string of the molecule is O=C(c1cc(F)cc(F)c1-n1nccn1)N1CCC(F)(F)[C@H]1CNc1ncc(C(F)(F)F)cn1.